The van der Waals surface area contributed by atoms with E-state index in [0.29, 0.717) is 0 Å². The lowest BCUT2D eigenvalue weighted by molar-refractivity contribution is 0.0818. The van der Waals surface area contributed by atoms with Crippen molar-refractivity contribution < 1.29 is 13.2 Å². The molecule has 0 aliphatic heterocycles. The molecule has 1 heterocycles. The maximum atomic E-state index is 11.6. The molecule has 0 aromatic carbocycles. The van der Waals surface area contributed by atoms with E-state index in [-0.39, 0.29) is 16.5 Å². The lowest BCUT2D eigenvalue weighted by Gasteiger charge is -2.09. The van der Waals surface area contributed by atoms with Gasteiger partial charge in [-0.15, -0.1) is 0 Å². The quantitative estimate of drug-likeness (QED) is 0.735. The molecule has 0 fully saturated rings. The highest BCUT2D eigenvalue weighted by Crippen LogP contribution is 2.12. The molecule has 0 bridgehead atoms. The number of amides is 1. The first kappa shape index (κ1) is 11.7. The van der Waals surface area contributed by atoms with E-state index in [2.05, 4.69) is 0 Å². The molecule has 1 aromatic rings. The van der Waals surface area contributed by atoms with Gasteiger partial charge in [-0.05, 0) is 6.07 Å². The van der Waals surface area contributed by atoms with Crippen LogP contribution in [0.3, 0.4) is 0 Å². The van der Waals surface area contributed by atoms with Gasteiger partial charge in [0.25, 0.3) is 5.91 Å². The normalized spacial score (nSPS) is 11.5. The largest absolute Gasteiger partial charge is 0.345 e. The summed E-state index contributed by atoms with van der Waals surface area (Å²) in [6.07, 6.45) is 1.31. The van der Waals surface area contributed by atoms with Crippen LogP contribution < -0.4 is 5.14 Å². The predicted molar refractivity (Wildman–Crippen MR) is 54.8 cm³/mol. The molecule has 0 radical (unpaired) electrons. The van der Waals surface area contributed by atoms with Crippen LogP contribution in [0.25, 0.3) is 0 Å². The van der Waals surface area contributed by atoms with E-state index < -0.39 is 10.0 Å². The highest BCUT2D eigenvalue weighted by Gasteiger charge is 2.18. The molecule has 0 aliphatic carbocycles. The zero-order valence-electron chi connectivity index (χ0n) is 8.76. The summed E-state index contributed by atoms with van der Waals surface area (Å²) in [4.78, 5) is 12.9. The van der Waals surface area contributed by atoms with Gasteiger partial charge in [0.2, 0.25) is 10.0 Å². The second-order valence-electron chi connectivity index (χ2n) is 3.42. The zero-order valence-corrected chi connectivity index (χ0v) is 9.58. The second-order valence-corrected chi connectivity index (χ2v) is 4.98. The molecule has 84 valence electrons. The molecule has 0 atom stereocenters. The number of hydrogen-bond donors (Lipinski definition) is 1. The number of carbonyl (C=O) groups excluding carboxylic acids is 1. The van der Waals surface area contributed by atoms with Crippen LogP contribution in [0.5, 0.6) is 0 Å². The predicted octanol–water partition coefficient (Wildman–Crippen LogP) is -0.626. The lowest BCUT2D eigenvalue weighted by Crippen LogP contribution is -2.23. The number of aryl methyl sites for hydroxylation is 1. The van der Waals surface area contributed by atoms with Gasteiger partial charge < -0.3 is 9.47 Å². The summed E-state index contributed by atoms with van der Waals surface area (Å²) < 4.78 is 23.5. The minimum absolute atomic E-state index is 0.0600. The fourth-order valence-corrected chi connectivity index (χ4v) is 1.71. The molecule has 0 saturated carbocycles. The third kappa shape index (κ3) is 2.37. The van der Waals surface area contributed by atoms with Crippen LogP contribution in [-0.4, -0.2) is 37.9 Å². The van der Waals surface area contributed by atoms with E-state index in [9.17, 15) is 13.2 Å². The molecule has 0 spiro atoms. The molecule has 0 unspecified atom stereocenters. The van der Waals surface area contributed by atoms with Crippen LogP contribution in [0.4, 0.5) is 0 Å². The van der Waals surface area contributed by atoms with Gasteiger partial charge in [0, 0.05) is 27.3 Å². The molecule has 0 saturated heterocycles. The Morgan fingerprint density at radius 2 is 2.00 bits per heavy atom. The van der Waals surface area contributed by atoms with Gasteiger partial charge >= 0.3 is 0 Å². The van der Waals surface area contributed by atoms with Gasteiger partial charge in [-0.25, -0.2) is 13.6 Å². The number of hydrogen-bond acceptors (Lipinski definition) is 3. The monoisotopic (exact) mass is 231 g/mol. The van der Waals surface area contributed by atoms with Gasteiger partial charge in [-0.3, -0.25) is 4.79 Å². The number of sulfonamides is 1. The van der Waals surface area contributed by atoms with Crippen molar-refractivity contribution >= 4 is 15.9 Å². The number of primary sulfonamides is 1. The lowest BCUT2D eigenvalue weighted by atomic mass is 10.4. The average molecular weight is 231 g/mol. The van der Waals surface area contributed by atoms with Crippen molar-refractivity contribution in [3.63, 3.8) is 0 Å². The van der Waals surface area contributed by atoms with Crippen LogP contribution in [0.2, 0.25) is 0 Å². The molecule has 1 aromatic heterocycles. The van der Waals surface area contributed by atoms with Crippen molar-refractivity contribution in [2.24, 2.45) is 12.2 Å². The molecule has 6 nitrogen and oxygen atoms in total. The Balaban J connectivity index is 3.25. The van der Waals surface area contributed by atoms with Crippen LogP contribution in [0.1, 0.15) is 10.5 Å². The van der Waals surface area contributed by atoms with Crippen LogP contribution in [-0.2, 0) is 17.1 Å². The summed E-state index contributed by atoms with van der Waals surface area (Å²) in [6, 6.07) is 1.26. The Labute approximate surface area is 88.3 Å². The van der Waals surface area contributed by atoms with E-state index in [0.717, 1.165) is 0 Å². The maximum Gasteiger partial charge on any atom is 0.269 e. The molecule has 2 N–H and O–H groups in total. The van der Waals surface area contributed by atoms with Crippen LogP contribution >= 0.6 is 0 Å². The topological polar surface area (TPSA) is 85.4 Å². The fraction of sp³-hybridized carbons (Fsp3) is 0.375. The third-order valence-electron chi connectivity index (χ3n) is 1.93. The first-order valence-electron chi connectivity index (χ1n) is 4.14. The van der Waals surface area contributed by atoms with Crippen molar-refractivity contribution in [3.8, 4) is 0 Å². The van der Waals surface area contributed by atoms with Crippen molar-refractivity contribution in [2.75, 3.05) is 14.1 Å². The summed E-state index contributed by atoms with van der Waals surface area (Å²) >= 11 is 0. The van der Waals surface area contributed by atoms with Crippen molar-refractivity contribution in [3.05, 3.63) is 18.0 Å². The molecule has 1 amide bonds. The van der Waals surface area contributed by atoms with Crippen molar-refractivity contribution in [1.29, 1.82) is 0 Å². The maximum absolute atomic E-state index is 11.6. The SMILES string of the molecule is CN(C)C(=O)c1cc(S(N)(=O)=O)cn1C. The molecule has 0 aliphatic rings. The minimum atomic E-state index is -3.76. The molecular weight excluding hydrogens is 218 g/mol. The molecule has 15 heavy (non-hydrogen) atoms. The van der Waals surface area contributed by atoms with Gasteiger partial charge in [0.1, 0.15) is 10.6 Å². The van der Waals surface area contributed by atoms with E-state index in [1.54, 1.807) is 21.1 Å². The third-order valence-corrected chi connectivity index (χ3v) is 2.81. The second kappa shape index (κ2) is 3.67. The number of rotatable bonds is 2. The molecule has 7 heteroatoms. The Morgan fingerprint density at radius 1 is 1.47 bits per heavy atom. The summed E-state index contributed by atoms with van der Waals surface area (Å²) in [5.41, 5.74) is 0.282. The Hall–Kier alpha value is -1.34. The van der Waals surface area contributed by atoms with Gasteiger partial charge in [-0.1, -0.05) is 0 Å². The van der Waals surface area contributed by atoms with E-state index in [1.165, 1.54) is 21.7 Å². The first-order valence-corrected chi connectivity index (χ1v) is 5.69. The number of nitrogens with zero attached hydrogens (tertiary/aromatic N) is 2. The fourth-order valence-electron chi connectivity index (χ4n) is 1.13. The van der Waals surface area contributed by atoms with Crippen molar-refractivity contribution in [2.45, 2.75) is 4.90 Å². The highest BCUT2D eigenvalue weighted by molar-refractivity contribution is 7.89. The summed E-state index contributed by atoms with van der Waals surface area (Å²) in [5, 5.41) is 4.95. The molecule has 1 rings (SSSR count). The Morgan fingerprint density at radius 3 is 2.33 bits per heavy atom. The van der Waals surface area contributed by atoms with E-state index in [1.807, 2.05) is 0 Å². The number of aromatic nitrogens is 1. The Kier molecular flexibility index (Phi) is 2.87. The average Bonchev–Trinajstić information content (AvgIpc) is 2.45. The smallest absolute Gasteiger partial charge is 0.269 e. The minimum Gasteiger partial charge on any atom is -0.345 e. The summed E-state index contributed by atoms with van der Waals surface area (Å²) in [5.74, 6) is -0.271. The number of carbonyl (C=O) groups is 1. The van der Waals surface area contributed by atoms with Crippen molar-refractivity contribution in [1.82, 2.24) is 9.47 Å². The van der Waals surface area contributed by atoms with Gasteiger partial charge in [-0.2, -0.15) is 0 Å². The van der Waals surface area contributed by atoms with Crippen LogP contribution in [0.15, 0.2) is 17.2 Å². The Bertz CT molecular complexity index is 487. The zero-order chi connectivity index (χ0) is 11.8. The number of nitrogens with two attached hydrogens (primary N) is 1. The van der Waals surface area contributed by atoms with Gasteiger partial charge in [0.05, 0.1) is 0 Å². The van der Waals surface area contributed by atoms with Crippen LogP contribution in [0, 0.1) is 0 Å². The van der Waals surface area contributed by atoms with Gasteiger partial charge in [0.15, 0.2) is 0 Å². The standard InChI is InChI=1S/C8H13N3O3S/c1-10(2)8(12)7-4-6(5-11(7)3)15(9,13)14/h4-5H,1-3H3,(H2,9,13,14). The summed E-state index contributed by atoms with van der Waals surface area (Å²) in [7, 11) is 1.01. The summed E-state index contributed by atoms with van der Waals surface area (Å²) in [6.45, 7) is 0. The molecular formula is C8H13N3O3S. The van der Waals surface area contributed by atoms with E-state index >= 15 is 0 Å². The highest BCUT2D eigenvalue weighted by atomic mass is 32.2. The first-order chi connectivity index (χ1) is 6.73. The van der Waals surface area contributed by atoms with E-state index in [4.69, 9.17) is 5.14 Å².